The molecule has 5 atom stereocenters. The summed E-state index contributed by atoms with van der Waals surface area (Å²) in [5, 5.41) is 23.2. The van der Waals surface area contributed by atoms with Crippen LogP contribution in [0, 0.1) is 0 Å². The van der Waals surface area contributed by atoms with Crippen LogP contribution in [0.4, 0.5) is 0 Å². The minimum Gasteiger partial charge on any atom is -0.453 e. The van der Waals surface area contributed by atoms with Gasteiger partial charge < -0.3 is 24.1 Å². The first kappa shape index (κ1) is 22.5. The molecule has 0 amide bonds. The van der Waals surface area contributed by atoms with Crippen molar-refractivity contribution in [2.24, 2.45) is 5.11 Å². The Bertz CT molecular complexity index is 586. The SMILES string of the molecule is CC(=O)C(=O)OC1C(N=[N+]=[N-])C(O[Si](C)(C)C(C)(C)C)OC(CO)[C@H]1O. The van der Waals surface area contributed by atoms with E-state index in [0.29, 0.717) is 0 Å². The molecule has 0 aromatic heterocycles. The van der Waals surface area contributed by atoms with Gasteiger partial charge >= 0.3 is 5.97 Å². The summed E-state index contributed by atoms with van der Waals surface area (Å²) in [5.74, 6) is -2.05. The fourth-order valence-corrected chi connectivity index (χ4v) is 3.27. The Labute approximate surface area is 153 Å². The number of ketones is 1. The molecule has 1 heterocycles. The molecule has 4 unspecified atom stereocenters. The lowest BCUT2D eigenvalue weighted by Gasteiger charge is -2.46. The molecule has 2 N–H and O–H groups in total. The Morgan fingerprint density at radius 3 is 2.35 bits per heavy atom. The van der Waals surface area contributed by atoms with E-state index < -0.39 is 57.3 Å². The number of aliphatic hydroxyl groups excluding tert-OH is 2. The van der Waals surface area contributed by atoms with Crippen LogP contribution in [0.25, 0.3) is 10.4 Å². The van der Waals surface area contributed by atoms with Crippen LogP contribution >= 0.6 is 0 Å². The van der Waals surface area contributed by atoms with E-state index in [1.807, 2.05) is 33.9 Å². The van der Waals surface area contributed by atoms with Crippen molar-refractivity contribution < 1.29 is 33.7 Å². The largest absolute Gasteiger partial charge is 0.453 e. The molecule has 0 aromatic rings. The van der Waals surface area contributed by atoms with Gasteiger partial charge in [-0.15, -0.1) is 0 Å². The summed E-state index contributed by atoms with van der Waals surface area (Å²) in [6.45, 7) is 10.3. The van der Waals surface area contributed by atoms with Gasteiger partial charge in [0.2, 0.25) is 5.78 Å². The van der Waals surface area contributed by atoms with Gasteiger partial charge in [-0.2, -0.15) is 0 Å². The summed E-state index contributed by atoms with van der Waals surface area (Å²) in [6.07, 6.45) is -5.14. The van der Waals surface area contributed by atoms with Crippen molar-refractivity contribution in [1.82, 2.24) is 0 Å². The predicted octanol–water partition coefficient (Wildman–Crippen LogP) is 1.27. The van der Waals surface area contributed by atoms with Gasteiger partial charge in [0, 0.05) is 11.8 Å². The molecular formula is C15H27N3O7Si. The Kier molecular flexibility index (Phi) is 7.34. The topological polar surface area (TPSA) is 151 Å². The van der Waals surface area contributed by atoms with Crippen molar-refractivity contribution in [1.29, 1.82) is 0 Å². The molecule has 0 aromatic carbocycles. The van der Waals surface area contributed by atoms with E-state index in [0.717, 1.165) is 6.92 Å². The first-order valence-corrected chi connectivity index (χ1v) is 11.1. The summed E-state index contributed by atoms with van der Waals surface area (Å²) in [5.41, 5.74) is 8.89. The van der Waals surface area contributed by atoms with E-state index in [4.69, 9.17) is 19.4 Å². The molecule has 0 radical (unpaired) electrons. The van der Waals surface area contributed by atoms with E-state index in [9.17, 15) is 19.8 Å². The van der Waals surface area contributed by atoms with Gasteiger partial charge in [0.15, 0.2) is 14.6 Å². The van der Waals surface area contributed by atoms with E-state index in [2.05, 4.69) is 10.0 Å². The number of azide groups is 1. The van der Waals surface area contributed by atoms with Crippen LogP contribution in [-0.4, -0.2) is 67.5 Å². The zero-order chi connectivity index (χ0) is 20.3. The quantitative estimate of drug-likeness (QED) is 0.173. The Hall–Kier alpha value is -1.49. The minimum atomic E-state index is -2.40. The average Bonchev–Trinajstić information content (AvgIpc) is 2.51. The number of hydrogen-bond acceptors (Lipinski definition) is 8. The first-order chi connectivity index (χ1) is 11.9. The number of aliphatic hydroxyl groups is 2. The van der Waals surface area contributed by atoms with Gasteiger partial charge in [-0.3, -0.25) is 4.79 Å². The van der Waals surface area contributed by atoms with Gasteiger partial charge in [-0.05, 0) is 23.7 Å². The molecular weight excluding hydrogens is 362 g/mol. The molecule has 148 valence electrons. The second kappa shape index (κ2) is 8.46. The third-order valence-corrected chi connectivity index (χ3v) is 9.19. The fraction of sp³-hybridized carbons (Fsp3) is 0.867. The molecule has 1 saturated heterocycles. The highest BCUT2D eigenvalue weighted by Gasteiger charge is 2.51. The van der Waals surface area contributed by atoms with Crippen LogP contribution in [0.3, 0.4) is 0 Å². The van der Waals surface area contributed by atoms with E-state index in [-0.39, 0.29) is 5.04 Å². The minimum absolute atomic E-state index is 0.201. The maximum Gasteiger partial charge on any atom is 0.374 e. The molecule has 1 fully saturated rings. The van der Waals surface area contributed by atoms with Crippen LogP contribution < -0.4 is 0 Å². The lowest BCUT2D eigenvalue weighted by atomic mass is 9.97. The summed E-state index contributed by atoms with van der Waals surface area (Å²) in [4.78, 5) is 25.6. The number of ether oxygens (including phenoxy) is 2. The molecule has 1 aliphatic rings. The predicted molar refractivity (Wildman–Crippen MR) is 93.5 cm³/mol. The zero-order valence-electron chi connectivity index (χ0n) is 15.9. The van der Waals surface area contributed by atoms with Crippen LogP contribution in [0.5, 0.6) is 0 Å². The second-order valence-electron chi connectivity index (χ2n) is 7.72. The highest BCUT2D eigenvalue weighted by atomic mass is 28.4. The van der Waals surface area contributed by atoms with Crippen molar-refractivity contribution in [3.63, 3.8) is 0 Å². The zero-order valence-corrected chi connectivity index (χ0v) is 16.9. The molecule has 0 aliphatic carbocycles. The monoisotopic (exact) mass is 389 g/mol. The summed E-state index contributed by atoms with van der Waals surface area (Å²) in [6, 6.07) is -1.21. The second-order valence-corrected chi connectivity index (χ2v) is 12.5. The Balaban J connectivity index is 3.24. The number of esters is 1. The number of rotatable bonds is 6. The van der Waals surface area contributed by atoms with E-state index >= 15 is 0 Å². The highest BCUT2D eigenvalue weighted by molar-refractivity contribution is 6.74. The van der Waals surface area contributed by atoms with Crippen LogP contribution in [0.15, 0.2) is 5.11 Å². The molecule has 26 heavy (non-hydrogen) atoms. The summed E-state index contributed by atoms with van der Waals surface area (Å²) >= 11 is 0. The maximum atomic E-state index is 11.7. The Morgan fingerprint density at radius 1 is 1.35 bits per heavy atom. The van der Waals surface area contributed by atoms with Crippen LogP contribution in [-0.2, 0) is 23.5 Å². The summed E-state index contributed by atoms with van der Waals surface area (Å²) < 4.78 is 16.7. The standard InChI is InChI=1S/C15H27N3O7Si/c1-8(20)13(22)24-12-10(17-18-16)14(23-9(7-19)11(12)21)25-26(5,6)15(2,3)4/h9-12,14,19,21H,7H2,1-6H3/t9?,10?,11-,12?,14?/m1/s1. The van der Waals surface area contributed by atoms with Gasteiger partial charge in [0.25, 0.3) is 0 Å². The van der Waals surface area contributed by atoms with Crippen molar-refractivity contribution in [2.75, 3.05) is 6.61 Å². The smallest absolute Gasteiger partial charge is 0.374 e. The van der Waals surface area contributed by atoms with Gasteiger partial charge in [-0.25, -0.2) is 4.79 Å². The van der Waals surface area contributed by atoms with Gasteiger partial charge in [-0.1, -0.05) is 25.9 Å². The molecule has 1 rings (SSSR count). The number of nitrogens with zero attached hydrogens (tertiary/aromatic N) is 3. The lowest BCUT2D eigenvalue weighted by Crippen LogP contribution is -2.62. The third-order valence-electron chi connectivity index (χ3n) is 4.75. The van der Waals surface area contributed by atoms with Crippen molar-refractivity contribution in [3.05, 3.63) is 10.4 Å². The van der Waals surface area contributed by atoms with Crippen LogP contribution in [0.2, 0.25) is 18.1 Å². The van der Waals surface area contributed by atoms with Crippen molar-refractivity contribution >= 4 is 20.1 Å². The van der Waals surface area contributed by atoms with Crippen molar-refractivity contribution in [3.8, 4) is 0 Å². The Morgan fingerprint density at radius 2 is 1.92 bits per heavy atom. The number of Topliss-reactive ketones (excluding diaryl/α,β-unsaturated/α-hetero) is 1. The lowest BCUT2D eigenvalue weighted by molar-refractivity contribution is -0.248. The van der Waals surface area contributed by atoms with Crippen molar-refractivity contribution in [2.45, 2.75) is 76.5 Å². The molecule has 0 spiro atoms. The van der Waals surface area contributed by atoms with Gasteiger partial charge in [0.1, 0.15) is 24.4 Å². The first-order valence-electron chi connectivity index (χ1n) is 8.23. The van der Waals surface area contributed by atoms with E-state index in [1.54, 1.807) is 0 Å². The highest BCUT2D eigenvalue weighted by Crippen LogP contribution is 2.39. The average molecular weight is 389 g/mol. The molecule has 0 saturated carbocycles. The normalized spacial score (nSPS) is 29.6. The number of hydrogen-bond donors (Lipinski definition) is 2. The summed E-state index contributed by atoms with van der Waals surface area (Å²) in [7, 11) is -2.40. The molecule has 10 nitrogen and oxygen atoms in total. The fourth-order valence-electron chi connectivity index (χ4n) is 2.14. The van der Waals surface area contributed by atoms with Gasteiger partial charge in [0.05, 0.1) is 6.61 Å². The molecule has 11 heteroatoms. The molecule has 0 bridgehead atoms. The molecule has 1 aliphatic heterocycles. The number of carbonyl (C=O) groups is 2. The van der Waals surface area contributed by atoms with E-state index in [1.165, 1.54) is 0 Å². The van der Waals surface area contributed by atoms with Crippen LogP contribution in [0.1, 0.15) is 27.7 Å². The third kappa shape index (κ3) is 5.03. The number of carbonyl (C=O) groups excluding carboxylic acids is 2. The maximum absolute atomic E-state index is 11.7.